The molecule has 0 aromatic carbocycles. The van der Waals surface area contributed by atoms with Gasteiger partial charge in [0.15, 0.2) is 5.82 Å². The van der Waals surface area contributed by atoms with Gasteiger partial charge < -0.3 is 14.6 Å². The third-order valence-corrected chi connectivity index (χ3v) is 6.50. The van der Waals surface area contributed by atoms with Gasteiger partial charge in [0.25, 0.3) is 5.91 Å². The third-order valence-electron chi connectivity index (χ3n) is 6.50. The Bertz CT molecular complexity index is 898. The van der Waals surface area contributed by atoms with Crippen LogP contribution in [0.25, 0.3) is 0 Å². The van der Waals surface area contributed by atoms with Gasteiger partial charge in [-0.1, -0.05) is 36.9 Å². The van der Waals surface area contributed by atoms with E-state index in [0.29, 0.717) is 47.6 Å². The highest BCUT2D eigenvalue weighted by Crippen LogP contribution is 2.39. The van der Waals surface area contributed by atoms with Crippen molar-refractivity contribution in [2.24, 2.45) is 11.8 Å². The molecule has 0 saturated heterocycles. The van der Waals surface area contributed by atoms with Gasteiger partial charge in [0.1, 0.15) is 5.69 Å². The average Bonchev–Trinajstić information content (AvgIpc) is 3.65. The quantitative estimate of drug-likeness (QED) is 0.655. The molecule has 1 amide bonds. The molecule has 5 rings (SSSR count). The second kappa shape index (κ2) is 8.36. The highest BCUT2D eigenvalue weighted by molar-refractivity contribution is 5.92. The van der Waals surface area contributed by atoms with Gasteiger partial charge in [-0.25, -0.2) is 4.98 Å². The first kappa shape index (κ1) is 19.5. The highest BCUT2D eigenvalue weighted by Gasteiger charge is 2.31. The molecule has 2 aromatic heterocycles. The van der Waals surface area contributed by atoms with E-state index in [9.17, 15) is 4.79 Å². The molecule has 1 unspecified atom stereocenters. The van der Waals surface area contributed by atoms with Gasteiger partial charge in [0.2, 0.25) is 11.8 Å². The molecule has 2 aromatic rings. The van der Waals surface area contributed by atoms with Crippen LogP contribution in [0.3, 0.4) is 0 Å². The number of hydrogen-bond acceptors (Lipinski definition) is 6. The Labute approximate surface area is 177 Å². The van der Waals surface area contributed by atoms with Gasteiger partial charge >= 0.3 is 0 Å². The van der Waals surface area contributed by atoms with E-state index < -0.39 is 0 Å². The minimum absolute atomic E-state index is 0.211. The topological polar surface area (TPSA) is 90.1 Å². The fourth-order valence-corrected chi connectivity index (χ4v) is 4.33. The number of carbonyl (C=O) groups is 1. The zero-order valence-electron chi connectivity index (χ0n) is 17.6. The van der Waals surface area contributed by atoms with Crippen molar-refractivity contribution in [1.29, 1.82) is 0 Å². The van der Waals surface area contributed by atoms with Gasteiger partial charge in [-0.15, -0.1) is 0 Å². The summed E-state index contributed by atoms with van der Waals surface area (Å²) >= 11 is 0. The molecule has 7 heteroatoms. The van der Waals surface area contributed by atoms with Crippen LogP contribution >= 0.6 is 0 Å². The molecule has 0 spiro atoms. The highest BCUT2D eigenvalue weighted by atomic mass is 16.5. The summed E-state index contributed by atoms with van der Waals surface area (Å²) in [4.78, 5) is 22.1. The SMILES string of the molecule is Cc1nc(C(CC2CC2)NC(=O)c2ccc(C3CCCC3)c(OCC3CC3)n2)no1. The molecule has 0 aliphatic heterocycles. The van der Waals surface area contributed by atoms with E-state index in [1.807, 2.05) is 6.07 Å². The summed E-state index contributed by atoms with van der Waals surface area (Å²) in [6.07, 6.45) is 10.5. The van der Waals surface area contributed by atoms with Crippen molar-refractivity contribution in [3.63, 3.8) is 0 Å². The minimum Gasteiger partial charge on any atom is -0.477 e. The second-order valence-corrected chi connectivity index (χ2v) is 9.20. The van der Waals surface area contributed by atoms with Gasteiger partial charge in [0, 0.05) is 12.5 Å². The molecule has 7 nitrogen and oxygen atoms in total. The van der Waals surface area contributed by atoms with Crippen LogP contribution in [0.5, 0.6) is 5.88 Å². The number of nitrogens with one attached hydrogen (secondary N) is 1. The molecule has 1 atom stereocenters. The fourth-order valence-electron chi connectivity index (χ4n) is 4.33. The molecule has 0 radical (unpaired) electrons. The van der Waals surface area contributed by atoms with Gasteiger partial charge in [-0.2, -0.15) is 4.98 Å². The van der Waals surface area contributed by atoms with Crippen LogP contribution < -0.4 is 10.1 Å². The maximum atomic E-state index is 13.1. The Balaban J connectivity index is 1.34. The van der Waals surface area contributed by atoms with E-state index in [2.05, 4.69) is 26.5 Å². The summed E-state index contributed by atoms with van der Waals surface area (Å²) in [6.45, 7) is 2.46. The first-order valence-electron chi connectivity index (χ1n) is 11.4. The van der Waals surface area contributed by atoms with E-state index in [0.717, 1.165) is 12.0 Å². The number of nitrogens with zero attached hydrogens (tertiary/aromatic N) is 3. The van der Waals surface area contributed by atoms with Crippen LogP contribution in [0.1, 0.15) is 97.5 Å². The summed E-state index contributed by atoms with van der Waals surface area (Å²) in [5, 5.41) is 7.12. The van der Waals surface area contributed by atoms with Crippen LogP contribution in [0.15, 0.2) is 16.7 Å². The van der Waals surface area contributed by atoms with Gasteiger partial charge in [0.05, 0.1) is 12.6 Å². The summed E-state index contributed by atoms with van der Waals surface area (Å²) in [5.74, 6) is 3.24. The lowest BCUT2D eigenvalue weighted by molar-refractivity contribution is 0.0924. The van der Waals surface area contributed by atoms with E-state index in [-0.39, 0.29) is 11.9 Å². The molecule has 3 saturated carbocycles. The number of amides is 1. The van der Waals surface area contributed by atoms with E-state index >= 15 is 0 Å². The zero-order chi connectivity index (χ0) is 20.5. The molecule has 2 heterocycles. The normalized spacial score (nSPS) is 20.3. The number of carbonyl (C=O) groups excluding carboxylic acids is 1. The summed E-state index contributed by atoms with van der Waals surface area (Å²) in [6, 6.07) is 3.63. The molecule has 160 valence electrons. The van der Waals surface area contributed by atoms with Crippen LogP contribution in [0.2, 0.25) is 0 Å². The Kier molecular flexibility index (Phi) is 5.44. The molecule has 0 bridgehead atoms. The monoisotopic (exact) mass is 410 g/mol. The fraction of sp³-hybridized carbons (Fsp3) is 0.652. The molecule has 3 fully saturated rings. The summed E-state index contributed by atoms with van der Waals surface area (Å²) in [7, 11) is 0. The lowest BCUT2D eigenvalue weighted by Crippen LogP contribution is -2.30. The van der Waals surface area contributed by atoms with Crippen molar-refractivity contribution in [3.05, 3.63) is 35.1 Å². The predicted molar refractivity (Wildman–Crippen MR) is 110 cm³/mol. The molecule has 30 heavy (non-hydrogen) atoms. The lowest BCUT2D eigenvalue weighted by Gasteiger charge is -2.18. The Morgan fingerprint density at radius 2 is 1.90 bits per heavy atom. The number of pyridine rings is 1. The molecular formula is C23H30N4O3. The van der Waals surface area contributed by atoms with E-state index in [4.69, 9.17) is 9.26 Å². The number of aromatic nitrogens is 3. The van der Waals surface area contributed by atoms with Crippen molar-refractivity contribution in [1.82, 2.24) is 20.4 Å². The van der Waals surface area contributed by atoms with E-state index in [1.54, 1.807) is 6.92 Å². The van der Waals surface area contributed by atoms with Crippen LogP contribution in [-0.2, 0) is 0 Å². The Morgan fingerprint density at radius 3 is 2.57 bits per heavy atom. The van der Waals surface area contributed by atoms with Crippen molar-refractivity contribution in [2.45, 2.75) is 76.7 Å². The average molecular weight is 411 g/mol. The van der Waals surface area contributed by atoms with Gasteiger partial charge in [-0.05, 0) is 55.9 Å². The predicted octanol–water partition coefficient (Wildman–Crippen LogP) is 4.49. The summed E-state index contributed by atoms with van der Waals surface area (Å²) < 4.78 is 11.2. The lowest BCUT2D eigenvalue weighted by atomic mass is 9.98. The van der Waals surface area contributed by atoms with Crippen LogP contribution in [0, 0.1) is 18.8 Å². The number of rotatable bonds is 9. The first-order chi connectivity index (χ1) is 14.7. The Morgan fingerprint density at radius 1 is 1.13 bits per heavy atom. The maximum absolute atomic E-state index is 13.1. The maximum Gasteiger partial charge on any atom is 0.270 e. The molecule has 1 N–H and O–H groups in total. The Hall–Kier alpha value is -2.44. The standard InChI is InChI=1S/C23H30N4O3/c1-14-24-21(27-30-14)20(12-15-6-7-15)25-22(28)19-11-10-18(17-4-2-3-5-17)23(26-19)29-13-16-8-9-16/h10-11,15-17,20H,2-9,12-13H2,1H3,(H,25,28). The zero-order valence-corrected chi connectivity index (χ0v) is 17.6. The van der Waals surface area contributed by atoms with Crippen molar-refractivity contribution in [2.75, 3.05) is 6.61 Å². The molecule has 3 aliphatic rings. The van der Waals surface area contributed by atoms with Crippen LogP contribution in [0.4, 0.5) is 0 Å². The van der Waals surface area contributed by atoms with E-state index in [1.165, 1.54) is 51.4 Å². The summed E-state index contributed by atoms with van der Waals surface area (Å²) in [5.41, 5.74) is 1.55. The van der Waals surface area contributed by atoms with Crippen LogP contribution in [-0.4, -0.2) is 27.6 Å². The van der Waals surface area contributed by atoms with Crippen molar-refractivity contribution in [3.8, 4) is 5.88 Å². The third kappa shape index (κ3) is 4.65. The first-order valence-corrected chi connectivity index (χ1v) is 11.4. The number of hydrogen-bond donors (Lipinski definition) is 1. The minimum atomic E-state index is -0.255. The van der Waals surface area contributed by atoms with Gasteiger partial charge in [-0.3, -0.25) is 4.79 Å². The number of ether oxygens (including phenoxy) is 1. The second-order valence-electron chi connectivity index (χ2n) is 9.20. The smallest absolute Gasteiger partial charge is 0.270 e. The number of aryl methyl sites for hydroxylation is 1. The molecular weight excluding hydrogens is 380 g/mol. The largest absolute Gasteiger partial charge is 0.477 e. The molecule has 3 aliphatic carbocycles. The van der Waals surface area contributed by atoms with Crippen molar-refractivity contribution < 1.29 is 14.1 Å². The van der Waals surface area contributed by atoms with Crippen molar-refractivity contribution >= 4 is 5.91 Å².